The summed E-state index contributed by atoms with van der Waals surface area (Å²) < 4.78 is 0. The van der Waals surface area contributed by atoms with Crippen LogP contribution in [0.3, 0.4) is 0 Å². The molecule has 0 saturated heterocycles. The van der Waals surface area contributed by atoms with Crippen molar-refractivity contribution in [2.45, 2.75) is 23.7 Å². The summed E-state index contributed by atoms with van der Waals surface area (Å²) >= 11 is 14.3. The molecule has 0 nitrogen and oxygen atoms in total. The second-order valence-corrected chi connectivity index (χ2v) is 7.44. The first-order valence-corrected chi connectivity index (χ1v) is 9.18. The van der Waals surface area contributed by atoms with Gasteiger partial charge in [-0.05, 0) is 54.0 Å². The van der Waals surface area contributed by atoms with E-state index in [1.54, 1.807) is 0 Å². The smallest absolute Gasteiger partial charge is 0.0408 e. The molecule has 0 radical (unpaired) electrons. The molecule has 2 atom stereocenters. The number of fused-ring (bicyclic) bond motifs is 1. The lowest BCUT2D eigenvalue weighted by Crippen LogP contribution is -2.12. The van der Waals surface area contributed by atoms with E-state index < -0.39 is 0 Å². The number of thioether (sulfide) groups is 1. The standard InChI is InChI=1S/C18H18Cl2S/c19-11-14(8-13-4-3-5-16(20)10-13)9-15-12-21-18-7-2-1-6-17(15)18/h1-7,10,14-15H,8-9,11-12H2. The molecule has 110 valence electrons. The lowest BCUT2D eigenvalue weighted by atomic mass is 9.88. The highest BCUT2D eigenvalue weighted by Gasteiger charge is 2.25. The zero-order valence-electron chi connectivity index (χ0n) is 11.8. The predicted octanol–water partition coefficient (Wildman–Crippen LogP) is 6.02. The molecule has 0 bridgehead atoms. The molecule has 2 unspecified atom stereocenters. The predicted molar refractivity (Wildman–Crippen MR) is 93.9 cm³/mol. The Balaban J connectivity index is 1.68. The molecule has 2 aromatic carbocycles. The molecule has 1 aliphatic heterocycles. The maximum Gasteiger partial charge on any atom is 0.0408 e. The summed E-state index contributed by atoms with van der Waals surface area (Å²) in [6.07, 6.45) is 2.16. The molecule has 0 N–H and O–H groups in total. The van der Waals surface area contributed by atoms with Gasteiger partial charge in [-0.1, -0.05) is 41.9 Å². The van der Waals surface area contributed by atoms with E-state index in [1.807, 2.05) is 23.9 Å². The average Bonchev–Trinajstić information content (AvgIpc) is 2.90. The minimum atomic E-state index is 0.502. The van der Waals surface area contributed by atoms with Crippen LogP contribution in [0.1, 0.15) is 23.5 Å². The van der Waals surface area contributed by atoms with Gasteiger partial charge < -0.3 is 0 Å². The summed E-state index contributed by atoms with van der Waals surface area (Å²) in [5, 5.41) is 0.808. The Kier molecular flexibility index (Phi) is 5.15. The van der Waals surface area contributed by atoms with Crippen molar-refractivity contribution in [3.05, 3.63) is 64.7 Å². The van der Waals surface area contributed by atoms with E-state index in [0.717, 1.165) is 17.9 Å². The van der Waals surface area contributed by atoms with E-state index in [4.69, 9.17) is 23.2 Å². The van der Waals surface area contributed by atoms with Gasteiger partial charge in [0.15, 0.2) is 0 Å². The normalized spacial score (nSPS) is 18.5. The van der Waals surface area contributed by atoms with Crippen molar-refractivity contribution in [2.24, 2.45) is 5.92 Å². The molecule has 0 aliphatic carbocycles. The molecule has 1 heterocycles. The maximum absolute atomic E-state index is 6.22. The highest BCUT2D eigenvalue weighted by molar-refractivity contribution is 7.99. The molecule has 21 heavy (non-hydrogen) atoms. The first-order valence-electron chi connectivity index (χ1n) is 7.28. The third kappa shape index (κ3) is 3.77. The van der Waals surface area contributed by atoms with Crippen LogP contribution in [0.15, 0.2) is 53.4 Å². The second kappa shape index (κ2) is 7.09. The molecular formula is C18H18Cl2S. The van der Waals surface area contributed by atoms with Crippen molar-refractivity contribution in [3.8, 4) is 0 Å². The maximum atomic E-state index is 6.22. The van der Waals surface area contributed by atoms with Gasteiger partial charge in [0.1, 0.15) is 0 Å². The monoisotopic (exact) mass is 336 g/mol. The second-order valence-electron chi connectivity index (χ2n) is 5.64. The number of halogens is 2. The summed E-state index contributed by atoms with van der Waals surface area (Å²) in [5.41, 5.74) is 2.79. The molecule has 2 aromatic rings. The Hall–Kier alpha value is -0.630. The minimum Gasteiger partial charge on any atom is -0.126 e. The van der Waals surface area contributed by atoms with Crippen LogP contribution in [-0.2, 0) is 6.42 Å². The summed E-state index contributed by atoms with van der Waals surface area (Å²) in [6, 6.07) is 16.9. The summed E-state index contributed by atoms with van der Waals surface area (Å²) in [4.78, 5) is 1.44. The van der Waals surface area contributed by atoms with E-state index in [0.29, 0.717) is 17.7 Å². The van der Waals surface area contributed by atoms with Crippen molar-refractivity contribution in [2.75, 3.05) is 11.6 Å². The number of benzene rings is 2. The van der Waals surface area contributed by atoms with Gasteiger partial charge >= 0.3 is 0 Å². The van der Waals surface area contributed by atoms with Gasteiger partial charge in [0.2, 0.25) is 0 Å². The highest BCUT2D eigenvalue weighted by Crippen LogP contribution is 2.42. The fourth-order valence-corrected chi connectivity index (χ4v) is 4.75. The lowest BCUT2D eigenvalue weighted by molar-refractivity contribution is 0.491. The third-order valence-electron chi connectivity index (χ3n) is 4.05. The Bertz CT molecular complexity index is 612. The van der Waals surface area contributed by atoms with Crippen molar-refractivity contribution in [1.82, 2.24) is 0 Å². The van der Waals surface area contributed by atoms with Crippen molar-refractivity contribution in [1.29, 1.82) is 0 Å². The minimum absolute atomic E-state index is 0.502. The molecular weight excluding hydrogens is 319 g/mol. The molecule has 0 amide bonds. The summed E-state index contributed by atoms with van der Waals surface area (Å²) in [5.74, 6) is 3.02. The Morgan fingerprint density at radius 2 is 2.00 bits per heavy atom. The Labute approximate surface area is 140 Å². The molecule has 3 heteroatoms. The van der Waals surface area contributed by atoms with Gasteiger partial charge in [0.05, 0.1) is 0 Å². The molecule has 1 aliphatic rings. The van der Waals surface area contributed by atoms with Crippen LogP contribution in [0.2, 0.25) is 5.02 Å². The van der Waals surface area contributed by atoms with E-state index in [1.165, 1.54) is 21.8 Å². The Morgan fingerprint density at radius 1 is 1.14 bits per heavy atom. The van der Waals surface area contributed by atoms with Crippen LogP contribution in [0.4, 0.5) is 0 Å². The van der Waals surface area contributed by atoms with Gasteiger partial charge in [-0.25, -0.2) is 0 Å². The van der Waals surface area contributed by atoms with Gasteiger partial charge in [0, 0.05) is 21.6 Å². The number of hydrogen-bond donors (Lipinski definition) is 0. The SMILES string of the molecule is ClCC(Cc1cccc(Cl)c1)CC1CSc2ccccc21. The van der Waals surface area contributed by atoms with Crippen LogP contribution in [-0.4, -0.2) is 11.6 Å². The van der Waals surface area contributed by atoms with Crippen LogP contribution < -0.4 is 0 Å². The molecule has 3 rings (SSSR count). The van der Waals surface area contributed by atoms with E-state index in [2.05, 4.69) is 36.4 Å². The van der Waals surface area contributed by atoms with Crippen molar-refractivity contribution >= 4 is 35.0 Å². The van der Waals surface area contributed by atoms with E-state index >= 15 is 0 Å². The number of rotatable bonds is 5. The van der Waals surface area contributed by atoms with Crippen molar-refractivity contribution < 1.29 is 0 Å². The highest BCUT2D eigenvalue weighted by atomic mass is 35.5. The van der Waals surface area contributed by atoms with E-state index in [-0.39, 0.29) is 0 Å². The first-order chi connectivity index (χ1) is 10.3. The number of alkyl halides is 1. The first kappa shape index (κ1) is 15.3. The van der Waals surface area contributed by atoms with Gasteiger partial charge in [-0.15, -0.1) is 23.4 Å². The molecule has 0 saturated carbocycles. The summed E-state index contributed by atoms with van der Waals surface area (Å²) in [6.45, 7) is 0. The largest absolute Gasteiger partial charge is 0.126 e. The average molecular weight is 337 g/mol. The molecule has 0 spiro atoms. The van der Waals surface area contributed by atoms with Gasteiger partial charge in [-0.3, -0.25) is 0 Å². The zero-order valence-corrected chi connectivity index (χ0v) is 14.1. The van der Waals surface area contributed by atoms with Crippen LogP contribution >= 0.6 is 35.0 Å². The third-order valence-corrected chi connectivity index (χ3v) is 5.97. The van der Waals surface area contributed by atoms with Gasteiger partial charge in [-0.2, -0.15) is 0 Å². The zero-order chi connectivity index (χ0) is 14.7. The van der Waals surface area contributed by atoms with Crippen LogP contribution in [0.5, 0.6) is 0 Å². The topological polar surface area (TPSA) is 0 Å². The quantitative estimate of drug-likeness (QED) is 0.602. The summed E-state index contributed by atoms with van der Waals surface area (Å²) in [7, 11) is 0. The van der Waals surface area contributed by atoms with Crippen LogP contribution in [0, 0.1) is 5.92 Å². The van der Waals surface area contributed by atoms with E-state index in [9.17, 15) is 0 Å². The molecule has 0 aromatic heterocycles. The number of hydrogen-bond acceptors (Lipinski definition) is 1. The Morgan fingerprint density at radius 3 is 2.81 bits per heavy atom. The fraction of sp³-hybridized carbons (Fsp3) is 0.333. The van der Waals surface area contributed by atoms with Crippen molar-refractivity contribution in [3.63, 3.8) is 0 Å². The van der Waals surface area contributed by atoms with Gasteiger partial charge in [0.25, 0.3) is 0 Å². The molecule has 0 fully saturated rings. The lowest BCUT2D eigenvalue weighted by Gasteiger charge is -2.19. The van der Waals surface area contributed by atoms with Crippen LogP contribution in [0.25, 0.3) is 0 Å². The fourth-order valence-electron chi connectivity index (χ4n) is 3.02.